The highest BCUT2D eigenvalue weighted by Crippen LogP contribution is 2.65. The van der Waals surface area contributed by atoms with Crippen LogP contribution in [0.1, 0.15) is 102 Å². The standard InChI is InChI=1S/C60H56O24/c1-59(2,42-30(65)20-27(62)26-19-32(67)48(83-51(26)42)22-8-11-33-36(14-22)80-56(77-33)53(70)73-5)45-41-29(64)21-31(66)43(52(41)84-50(47(45)69)24-10-13-35-38(16-24)82-58(79-35)55(72)75-7)60(3,4)44-40-28(63)17-25(61)18-39(40)76-49(46(44)68)23-9-12-34-37(15-23)81-57(78-34)54(71)74-6/h8-18,20-21,32,44-50,56-58,61-69H,19H2,1-7H3/t32-,44+,45+,46-,47-,48-,49-,50-,56?,57?,58?/m1/s1. The van der Waals surface area contributed by atoms with Crippen LogP contribution in [0.15, 0.2) is 78.9 Å². The molecule has 6 aromatic rings. The molecule has 9 N–H and O–H groups in total. The van der Waals surface area contributed by atoms with Gasteiger partial charge in [-0.05, 0) is 53.1 Å². The number of ether oxygens (including phenoxy) is 12. The minimum Gasteiger partial charge on any atom is -0.508 e. The maximum Gasteiger partial charge on any atom is 0.389 e. The van der Waals surface area contributed by atoms with Crippen molar-refractivity contribution in [1.82, 2.24) is 0 Å². The van der Waals surface area contributed by atoms with Crippen LogP contribution in [-0.4, -0.2) is 122 Å². The third-order valence-corrected chi connectivity index (χ3v) is 16.5. The van der Waals surface area contributed by atoms with E-state index < -0.39 is 131 Å². The predicted octanol–water partition coefficient (Wildman–Crippen LogP) is 5.88. The number of benzene rings is 6. The molecule has 11 atom stereocenters. The van der Waals surface area contributed by atoms with Gasteiger partial charge in [0.1, 0.15) is 70.1 Å². The van der Waals surface area contributed by atoms with E-state index in [1.54, 1.807) is 39.8 Å². The molecular formula is C60H56O24. The normalized spacial score (nSPS) is 25.0. The number of aliphatic hydroxyl groups excluding tert-OH is 3. The highest BCUT2D eigenvalue weighted by molar-refractivity contribution is 5.77. The van der Waals surface area contributed by atoms with Crippen LogP contribution < -0.4 is 42.6 Å². The first-order chi connectivity index (χ1) is 39.9. The van der Waals surface area contributed by atoms with Gasteiger partial charge in [-0.25, -0.2) is 14.4 Å². The molecule has 6 aliphatic rings. The number of carbonyl (C=O) groups excluding carboxylic acids is 3. The Hall–Kier alpha value is -9.39. The van der Waals surface area contributed by atoms with E-state index in [0.29, 0.717) is 5.56 Å². The molecule has 0 saturated carbocycles. The van der Waals surface area contributed by atoms with E-state index in [1.165, 1.54) is 55.6 Å². The molecule has 6 aliphatic heterocycles. The molecule has 24 heteroatoms. The molecule has 12 rings (SSSR count). The van der Waals surface area contributed by atoms with Crippen LogP contribution in [0.5, 0.6) is 86.2 Å². The Morgan fingerprint density at radius 1 is 0.429 bits per heavy atom. The van der Waals surface area contributed by atoms with Crippen molar-refractivity contribution in [2.24, 2.45) is 0 Å². The van der Waals surface area contributed by atoms with E-state index in [4.69, 9.17) is 56.8 Å². The Balaban J connectivity index is 1.01. The van der Waals surface area contributed by atoms with Gasteiger partial charge in [0, 0.05) is 81.2 Å². The molecule has 24 nitrogen and oxygen atoms in total. The van der Waals surface area contributed by atoms with Gasteiger partial charge in [0.05, 0.1) is 27.4 Å². The lowest BCUT2D eigenvalue weighted by Gasteiger charge is -2.49. The number of aliphatic hydroxyl groups is 3. The maximum absolute atomic E-state index is 13.2. The number of fused-ring (bicyclic) bond motifs is 6. The van der Waals surface area contributed by atoms with E-state index in [2.05, 4.69) is 0 Å². The van der Waals surface area contributed by atoms with E-state index in [9.17, 15) is 60.3 Å². The number of phenols is 6. The molecule has 0 amide bonds. The van der Waals surface area contributed by atoms with Crippen molar-refractivity contribution >= 4 is 17.9 Å². The van der Waals surface area contributed by atoms with Gasteiger partial charge < -0.3 is 103 Å². The summed E-state index contributed by atoms with van der Waals surface area (Å²) >= 11 is 0. The summed E-state index contributed by atoms with van der Waals surface area (Å²) < 4.78 is 68.7. The summed E-state index contributed by atoms with van der Waals surface area (Å²) in [6, 6.07) is 17.9. The molecule has 0 radical (unpaired) electrons. The second-order valence-corrected chi connectivity index (χ2v) is 22.2. The van der Waals surface area contributed by atoms with Gasteiger partial charge in [-0.2, -0.15) is 0 Å². The summed E-state index contributed by atoms with van der Waals surface area (Å²) in [4.78, 5) is 37.4. The fraction of sp³-hybridized carbons (Fsp3) is 0.350. The zero-order valence-corrected chi connectivity index (χ0v) is 45.7. The highest BCUT2D eigenvalue weighted by atomic mass is 16.8. The zero-order valence-electron chi connectivity index (χ0n) is 45.7. The number of hydrogen-bond donors (Lipinski definition) is 9. The molecule has 0 bridgehead atoms. The Bertz CT molecular complexity index is 3720. The SMILES string of the molecule is COC(=O)C1Oc2ccc([C@H]3Oc4cc(O)cc(O)c4[C@H](C(C)(C)c4c(O)cc(O)c5c4O[C@H](c4ccc6c(c4)OC(C(=O)OC)O6)[C@H](O)[C@H]5C(C)(C)c4c(O)cc(O)c5c4O[C@H](c4ccc6c(c4)OC(C(=O)OC)O6)[C@H](O)C5)[C@H]3O)cc2O1. The largest absolute Gasteiger partial charge is 0.508 e. The minimum absolute atomic E-state index is 0.0187. The summed E-state index contributed by atoms with van der Waals surface area (Å²) in [5.74, 6) is -8.01. The number of methoxy groups -OCH3 is 3. The number of esters is 3. The van der Waals surface area contributed by atoms with Gasteiger partial charge in [0.2, 0.25) is 0 Å². The average molecular weight is 1160 g/mol. The van der Waals surface area contributed by atoms with Crippen molar-refractivity contribution in [1.29, 1.82) is 0 Å². The molecule has 6 aromatic carbocycles. The highest BCUT2D eigenvalue weighted by Gasteiger charge is 2.56. The summed E-state index contributed by atoms with van der Waals surface area (Å²) in [5.41, 5.74) is -2.78. The van der Waals surface area contributed by atoms with E-state index >= 15 is 0 Å². The second-order valence-electron chi connectivity index (χ2n) is 22.2. The molecule has 84 heavy (non-hydrogen) atoms. The molecule has 3 unspecified atom stereocenters. The Labute approximate surface area is 476 Å². The van der Waals surface area contributed by atoms with Crippen molar-refractivity contribution < 1.29 is 117 Å². The Kier molecular flexibility index (Phi) is 13.1. The van der Waals surface area contributed by atoms with Gasteiger partial charge in [0.25, 0.3) is 0 Å². The lowest BCUT2D eigenvalue weighted by atomic mass is 9.61. The van der Waals surface area contributed by atoms with E-state index in [-0.39, 0.29) is 97.1 Å². The average Bonchev–Trinajstić information content (AvgIpc) is 1.02. The van der Waals surface area contributed by atoms with Crippen LogP contribution in [0, 0.1) is 0 Å². The summed E-state index contributed by atoms with van der Waals surface area (Å²) in [7, 11) is 3.48. The second kappa shape index (κ2) is 19.9. The fourth-order valence-electron chi connectivity index (χ4n) is 12.7. The van der Waals surface area contributed by atoms with Crippen LogP contribution >= 0.6 is 0 Å². The minimum atomic E-state index is -1.75. The van der Waals surface area contributed by atoms with Crippen LogP contribution in [0.25, 0.3) is 0 Å². The van der Waals surface area contributed by atoms with Gasteiger partial charge in [-0.15, -0.1) is 0 Å². The molecular weight excluding hydrogens is 1100 g/mol. The summed E-state index contributed by atoms with van der Waals surface area (Å²) in [6.45, 7) is 6.49. The zero-order chi connectivity index (χ0) is 59.7. The van der Waals surface area contributed by atoms with Crippen LogP contribution in [0.4, 0.5) is 0 Å². The van der Waals surface area contributed by atoms with E-state index in [0.717, 1.165) is 32.4 Å². The lowest BCUT2D eigenvalue weighted by Crippen LogP contribution is -2.46. The first kappa shape index (κ1) is 55.2. The smallest absolute Gasteiger partial charge is 0.389 e. The molecule has 0 spiro atoms. The third-order valence-electron chi connectivity index (χ3n) is 16.5. The number of phenolic OH excluding ortho intramolecular Hbond substituents is 6. The van der Waals surface area contributed by atoms with Crippen LogP contribution in [0.3, 0.4) is 0 Å². The molecule has 0 aromatic heterocycles. The predicted molar refractivity (Wildman–Crippen MR) is 283 cm³/mol. The monoisotopic (exact) mass is 1160 g/mol. The van der Waals surface area contributed by atoms with Gasteiger partial charge in [-0.3, -0.25) is 0 Å². The van der Waals surface area contributed by atoms with Crippen molar-refractivity contribution in [3.05, 3.63) is 123 Å². The quantitative estimate of drug-likeness (QED) is 0.0571. The molecule has 0 saturated heterocycles. The van der Waals surface area contributed by atoms with Crippen LogP contribution in [-0.2, 0) is 45.8 Å². The maximum atomic E-state index is 13.2. The van der Waals surface area contributed by atoms with Crippen molar-refractivity contribution in [2.45, 2.75) is 112 Å². The van der Waals surface area contributed by atoms with Crippen molar-refractivity contribution in [3.63, 3.8) is 0 Å². The Morgan fingerprint density at radius 3 is 1.30 bits per heavy atom. The van der Waals surface area contributed by atoms with Gasteiger partial charge in [-0.1, -0.05) is 45.9 Å². The molecule has 0 aliphatic carbocycles. The summed E-state index contributed by atoms with van der Waals surface area (Å²) in [5, 5.41) is 109. The number of hydrogen-bond acceptors (Lipinski definition) is 24. The third kappa shape index (κ3) is 8.64. The first-order valence-corrected chi connectivity index (χ1v) is 26.4. The van der Waals surface area contributed by atoms with Gasteiger partial charge >= 0.3 is 36.8 Å². The molecule has 6 heterocycles. The Morgan fingerprint density at radius 2 is 0.821 bits per heavy atom. The topological polar surface area (TPSA) is 344 Å². The van der Waals surface area contributed by atoms with Crippen molar-refractivity contribution in [2.75, 3.05) is 21.3 Å². The van der Waals surface area contributed by atoms with Crippen LogP contribution in [0.2, 0.25) is 0 Å². The number of rotatable bonds is 10. The molecule has 0 fully saturated rings. The molecule has 440 valence electrons. The lowest BCUT2D eigenvalue weighted by molar-refractivity contribution is -0.159. The van der Waals surface area contributed by atoms with Crippen molar-refractivity contribution in [3.8, 4) is 86.2 Å². The number of carbonyl (C=O) groups is 3. The van der Waals surface area contributed by atoms with E-state index in [1.807, 2.05) is 0 Å². The first-order valence-electron chi connectivity index (χ1n) is 26.4. The van der Waals surface area contributed by atoms with Gasteiger partial charge in [0.15, 0.2) is 46.7 Å². The summed E-state index contributed by atoms with van der Waals surface area (Å²) in [6.07, 6.45) is -13.4. The fourth-order valence-corrected chi connectivity index (χ4v) is 12.7. The number of aromatic hydroxyl groups is 6.